The standard InChI is InChI=1S/C21H21F3O2/c22-21(23,24)20(25)19-14-17(19)8-4-5-13-26-18-11-9-16(10-12-18)15-6-2-1-3-7-15/h1-3,6-7,9-12,17,19H,4-5,8,13-14H2/t17?,19-/m1/s1. The summed E-state index contributed by atoms with van der Waals surface area (Å²) in [5.41, 5.74) is 2.26. The van der Waals surface area contributed by atoms with Crippen molar-refractivity contribution in [2.45, 2.75) is 31.9 Å². The van der Waals surface area contributed by atoms with Gasteiger partial charge in [0.15, 0.2) is 0 Å². The van der Waals surface area contributed by atoms with E-state index in [0.29, 0.717) is 19.4 Å². The second kappa shape index (κ2) is 7.94. The highest BCUT2D eigenvalue weighted by atomic mass is 19.4. The number of benzene rings is 2. The first-order chi connectivity index (χ1) is 12.4. The van der Waals surface area contributed by atoms with Gasteiger partial charge < -0.3 is 4.74 Å². The number of ether oxygens (including phenoxy) is 1. The topological polar surface area (TPSA) is 26.3 Å². The fourth-order valence-corrected chi connectivity index (χ4v) is 3.17. The maximum absolute atomic E-state index is 12.3. The number of alkyl halides is 3. The van der Waals surface area contributed by atoms with Crippen molar-refractivity contribution in [3.8, 4) is 16.9 Å². The number of carbonyl (C=O) groups excluding carboxylic acids is 1. The largest absolute Gasteiger partial charge is 0.494 e. The van der Waals surface area contributed by atoms with Crippen molar-refractivity contribution < 1.29 is 22.7 Å². The first-order valence-electron chi connectivity index (χ1n) is 8.84. The summed E-state index contributed by atoms with van der Waals surface area (Å²) in [6.07, 6.45) is -2.12. The maximum atomic E-state index is 12.3. The van der Waals surface area contributed by atoms with E-state index < -0.39 is 17.9 Å². The lowest BCUT2D eigenvalue weighted by atomic mass is 10.1. The van der Waals surface area contributed by atoms with E-state index in [-0.39, 0.29) is 5.92 Å². The predicted octanol–water partition coefficient (Wildman–Crippen LogP) is 5.67. The third kappa shape index (κ3) is 4.87. The molecule has 1 saturated carbocycles. The Morgan fingerprint density at radius 3 is 2.27 bits per heavy atom. The Bertz CT molecular complexity index is 723. The Labute approximate surface area is 151 Å². The van der Waals surface area contributed by atoms with E-state index in [9.17, 15) is 18.0 Å². The molecule has 0 saturated heterocycles. The molecule has 1 unspecified atom stereocenters. The summed E-state index contributed by atoms with van der Waals surface area (Å²) in [4.78, 5) is 11.1. The van der Waals surface area contributed by atoms with E-state index in [1.807, 2.05) is 54.6 Å². The molecule has 0 radical (unpaired) electrons. The van der Waals surface area contributed by atoms with Crippen molar-refractivity contribution in [1.29, 1.82) is 0 Å². The molecule has 0 spiro atoms. The number of halogens is 3. The Morgan fingerprint density at radius 1 is 0.962 bits per heavy atom. The van der Waals surface area contributed by atoms with Crippen molar-refractivity contribution in [3.05, 3.63) is 54.6 Å². The zero-order valence-corrected chi connectivity index (χ0v) is 14.3. The highest BCUT2D eigenvalue weighted by molar-refractivity contribution is 5.88. The lowest BCUT2D eigenvalue weighted by Gasteiger charge is -2.08. The predicted molar refractivity (Wildman–Crippen MR) is 93.9 cm³/mol. The summed E-state index contributed by atoms with van der Waals surface area (Å²) in [6.45, 7) is 0.523. The van der Waals surface area contributed by atoms with Gasteiger partial charge in [0.05, 0.1) is 6.61 Å². The molecule has 0 heterocycles. The van der Waals surface area contributed by atoms with Crippen LogP contribution in [0.25, 0.3) is 11.1 Å². The molecule has 3 rings (SSSR count). The average Bonchev–Trinajstić information content (AvgIpc) is 3.40. The molecule has 26 heavy (non-hydrogen) atoms. The number of hydrogen-bond acceptors (Lipinski definition) is 2. The van der Waals surface area contributed by atoms with Crippen LogP contribution in [0.3, 0.4) is 0 Å². The van der Waals surface area contributed by atoms with Crippen molar-refractivity contribution in [2.75, 3.05) is 6.61 Å². The van der Waals surface area contributed by atoms with Gasteiger partial charge in [-0.2, -0.15) is 13.2 Å². The van der Waals surface area contributed by atoms with Gasteiger partial charge in [-0.15, -0.1) is 0 Å². The normalized spacial score (nSPS) is 19.2. The van der Waals surface area contributed by atoms with Crippen LogP contribution in [0.15, 0.2) is 54.6 Å². The second-order valence-corrected chi connectivity index (χ2v) is 6.70. The third-order valence-corrected chi connectivity index (χ3v) is 4.74. The van der Waals surface area contributed by atoms with Crippen LogP contribution in [0.5, 0.6) is 5.75 Å². The molecule has 0 aliphatic heterocycles. The third-order valence-electron chi connectivity index (χ3n) is 4.74. The van der Waals surface area contributed by atoms with Crippen molar-refractivity contribution in [2.24, 2.45) is 11.8 Å². The molecule has 0 aromatic heterocycles. The molecule has 0 bridgehead atoms. The van der Waals surface area contributed by atoms with E-state index in [0.717, 1.165) is 29.7 Å². The number of carbonyl (C=O) groups is 1. The number of unbranched alkanes of at least 4 members (excludes halogenated alkanes) is 1. The molecule has 0 N–H and O–H groups in total. The van der Waals surface area contributed by atoms with Gasteiger partial charge in [-0.3, -0.25) is 4.79 Å². The van der Waals surface area contributed by atoms with E-state index >= 15 is 0 Å². The van der Waals surface area contributed by atoms with E-state index in [2.05, 4.69) is 0 Å². The fraction of sp³-hybridized carbons (Fsp3) is 0.381. The first kappa shape index (κ1) is 18.5. The number of hydrogen-bond donors (Lipinski definition) is 0. The van der Waals surface area contributed by atoms with Gasteiger partial charge in [-0.05, 0) is 54.9 Å². The van der Waals surface area contributed by atoms with Crippen LogP contribution in [0.4, 0.5) is 13.2 Å². The summed E-state index contributed by atoms with van der Waals surface area (Å²) in [5, 5.41) is 0. The molecule has 1 fully saturated rings. The minimum Gasteiger partial charge on any atom is -0.494 e. The van der Waals surface area contributed by atoms with E-state index in [1.54, 1.807) is 0 Å². The first-order valence-corrected chi connectivity index (χ1v) is 8.84. The van der Waals surface area contributed by atoms with Crippen molar-refractivity contribution in [1.82, 2.24) is 0 Å². The SMILES string of the molecule is O=C([C@@H]1CC1CCCCOc1ccc(-c2ccccc2)cc1)C(F)(F)F. The quantitative estimate of drug-likeness (QED) is 0.566. The van der Waals surface area contributed by atoms with E-state index in [4.69, 9.17) is 4.74 Å². The monoisotopic (exact) mass is 362 g/mol. The summed E-state index contributed by atoms with van der Waals surface area (Å²) >= 11 is 0. The number of Topliss-reactive ketones (excluding diaryl/α,β-unsaturated/α-hetero) is 1. The molecule has 1 aliphatic carbocycles. The molecule has 0 amide bonds. The number of ketones is 1. The Hall–Kier alpha value is -2.30. The molecule has 2 atom stereocenters. The average molecular weight is 362 g/mol. The van der Waals surface area contributed by atoms with Crippen LogP contribution in [-0.4, -0.2) is 18.6 Å². The van der Waals surface area contributed by atoms with Crippen LogP contribution in [0.1, 0.15) is 25.7 Å². The molecule has 138 valence electrons. The summed E-state index contributed by atoms with van der Waals surface area (Å²) in [5.74, 6) is -1.69. The lowest BCUT2D eigenvalue weighted by molar-refractivity contribution is -0.172. The summed E-state index contributed by atoms with van der Waals surface area (Å²) in [7, 11) is 0. The molecule has 5 heteroatoms. The molecule has 2 aromatic carbocycles. The minimum atomic E-state index is -4.69. The van der Waals surface area contributed by atoms with Gasteiger partial charge in [0.2, 0.25) is 5.78 Å². The summed E-state index contributed by atoms with van der Waals surface area (Å²) in [6, 6.07) is 17.9. The van der Waals surface area contributed by atoms with Gasteiger partial charge in [-0.25, -0.2) is 0 Å². The van der Waals surface area contributed by atoms with Gasteiger partial charge in [0.25, 0.3) is 0 Å². The molecule has 2 nitrogen and oxygen atoms in total. The molecule has 1 aliphatic rings. The highest BCUT2D eigenvalue weighted by Crippen LogP contribution is 2.46. The Balaban J connectivity index is 1.34. The van der Waals surface area contributed by atoms with Gasteiger partial charge in [0, 0.05) is 5.92 Å². The maximum Gasteiger partial charge on any atom is 0.450 e. The molecular weight excluding hydrogens is 341 g/mol. The van der Waals surface area contributed by atoms with Crippen LogP contribution >= 0.6 is 0 Å². The fourth-order valence-electron chi connectivity index (χ4n) is 3.17. The highest BCUT2D eigenvalue weighted by Gasteiger charge is 2.53. The zero-order chi connectivity index (χ0) is 18.6. The van der Waals surface area contributed by atoms with E-state index in [1.165, 1.54) is 0 Å². The van der Waals surface area contributed by atoms with Crippen LogP contribution in [0, 0.1) is 11.8 Å². The molecule has 2 aromatic rings. The number of rotatable bonds is 8. The van der Waals surface area contributed by atoms with Crippen LogP contribution in [-0.2, 0) is 4.79 Å². The van der Waals surface area contributed by atoms with Crippen molar-refractivity contribution in [3.63, 3.8) is 0 Å². The van der Waals surface area contributed by atoms with Crippen molar-refractivity contribution >= 4 is 5.78 Å². The van der Waals surface area contributed by atoms with Gasteiger partial charge in [0.1, 0.15) is 5.75 Å². The van der Waals surface area contributed by atoms with Crippen LogP contribution < -0.4 is 4.74 Å². The summed E-state index contributed by atoms with van der Waals surface area (Å²) < 4.78 is 42.6. The Morgan fingerprint density at radius 2 is 1.62 bits per heavy atom. The smallest absolute Gasteiger partial charge is 0.450 e. The minimum absolute atomic E-state index is 0.103. The molecular formula is C21H21F3O2. The lowest BCUT2D eigenvalue weighted by Crippen LogP contribution is -2.25. The van der Waals surface area contributed by atoms with Crippen LogP contribution in [0.2, 0.25) is 0 Å². The Kier molecular flexibility index (Phi) is 5.64. The van der Waals surface area contributed by atoms with Gasteiger partial charge in [-0.1, -0.05) is 42.5 Å². The van der Waals surface area contributed by atoms with Gasteiger partial charge >= 0.3 is 6.18 Å². The second-order valence-electron chi connectivity index (χ2n) is 6.70. The zero-order valence-electron chi connectivity index (χ0n) is 14.3.